The molecule has 3 heterocycles. The van der Waals surface area contributed by atoms with Gasteiger partial charge in [0.2, 0.25) is 12.7 Å². The largest absolute Gasteiger partial charge is 0.467 e. The highest BCUT2D eigenvalue weighted by molar-refractivity contribution is 5.98. The first-order valence-corrected chi connectivity index (χ1v) is 12.3. The predicted molar refractivity (Wildman–Crippen MR) is 134 cm³/mol. The maximum atomic E-state index is 13.2. The minimum atomic E-state index is -0.745. The molecule has 9 heteroatoms. The van der Waals surface area contributed by atoms with Gasteiger partial charge in [0.15, 0.2) is 11.5 Å². The Labute approximate surface area is 214 Å². The Balaban J connectivity index is 1.26. The van der Waals surface area contributed by atoms with E-state index in [1.807, 2.05) is 19.1 Å². The van der Waals surface area contributed by atoms with Crippen LogP contribution in [-0.4, -0.2) is 48.5 Å². The van der Waals surface area contributed by atoms with Crippen LogP contribution >= 0.6 is 0 Å². The standard InChI is InChI=1S/C28H29N3O6/c1-18-4-2-5-20(14-18)26(32)30-25(27(33)29-16-22-6-3-13-35-22)19-9-11-31(12-10-19)28(34)21-7-8-23-24(15-21)37-17-36-23/h2-8,13-15,19,25H,9-12,16-17H2,1H3,(H,29,33)(H,30,32)/t25-/m1/s1. The van der Waals surface area contributed by atoms with Gasteiger partial charge in [-0.05, 0) is 68.1 Å². The topological polar surface area (TPSA) is 110 Å². The molecule has 0 aliphatic carbocycles. The average Bonchev–Trinajstić information content (AvgIpc) is 3.62. The van der Waals surface area contributed by atoms with Crippen molar-refractivity contribution >= 4 is 17.7 Å². The molecule has 0 unspecified atom stereocenters. The fraction of sp³-hybridized carbons (Fsp3) is 0.321. The lowest BCUT2D eigenvalue weighted by Crippen LogP contribution is -2.53. The minimum absolute atomic E-state index is 0.0978. The summed E-state index contributed by atoms with van der Waals surface area (Å²) < 4.78 is 16.0. The summed E-state index contributed by atoms with van der Waals surface area (Å²) >= 11 is 0. The fourth-order valence-electron chi connectivity index (χ4n) is 4.75. The number of hydrogen-bond acceptors (Lipinski definition) is 6. The molecule has 192 valence electrons. The molecule has 1 atom stereocenters. The number of carbonyl (C=O) groups is 3. The third kappa shape index (κ3) is 5.61. The summed E-state index contributed by atoms with van der Waals surface area (Å²) in [7, 11) is 0. The van der Waals surface area contributed by atoms with Gasteiger partial charge in [-0.2, -0.15) is 0 Å². The second-order valence-electron chi connectivity index (χ2n) is 9.32. The van der Waals surface area contributed by atoms with E-state index in [-0.39, 0.29) is 37.0 Å². The lowest BCUT2D eigenvalue weighted by Gasteiger charge is -2.36. The molecule has 3 amide bonds. The summed E-state index contributed by atoms with van der Waals surface area (Å²) in [6.45, 7) is 3.23. The van der Waals surface area contributed by atoms with Crippen LogP contribution in [0, 0.1) is 12.8 Å². The van der Waals surface area contributed by atoms with Crippen molar-refractivity contribution in [2.75, 3.05) is 19.9 Å². The molecular weight excluding hydrogens is 474 g/mol. The van der Waals surface area contributed by atoms with Crippen molar-refractivity contribution in [2.45, 2.75) is 32.4 Å². The van der Waals surface area contributed by atoms with E-state index in [4.69, 9.17) is 13.9 Å². The van der Waals surface area contributed by atoms with Gasteiger partial charge in [-0.3, -0.25) is 14.4 Å². The molecule has 0 saturated carbocycles. The monoisotopic (exact) mass is 503 g/mol. The number of amides is 3. The van der Waals surface area contributed by atoms with E-state index < -0.39 is 6.04 Å². The number of hydrogen-bond donors (Lipinski definition) is 2. The second kappa shape index (κ2) is 10.8. The molecule has 2 aliphatic heterocycles. The van der Waals surface area contributed by atoms with Crippen LogP contribution in [0.5, 0.6) is 11.5 Å². The molecule has 9 nitrogen and oxygen atoms in total. The molecule has 37 heavy (non-hydrogen) atoms. The third-order valence-corrected chi connectivity index (χ3v) is 6.78. The van der Waals surface area contributed by atoms with E-state index in [0.29, 0.717) is 54.3 Å². The Morgan fingerprint density at radius 2 is 1.78 bits per heavy atom. The van der Waals surface area contributed by atoms with Gasteiger partial charge in [-0.15, -0.1) is 0 Å². The van der Waals surface area contributed by atoms with Crippen molar-refractivity contribution < 1.29 is 28.3 Å². The van der Waals surface area contributed by atoms with Crippen LogP contribution < -0.4 is 20.1 Å². The van der Waals surface area contributed by atoms with Gasteiger partial charge in [0.1, 0.15) is 11.8 Å². The lowest BCUT2D eigenvalue weighted by molar-refractivity contribution is -0.124. The highest BCUT2D eigenvalue weighted by atomic mass is 16.7. The van der Waals surface area contributed by atoms with Crippen molar-refractivity contribution in [2.24, 2.45) is 5.92 Å². The number of piperidine rings is 1. The van der Waals surface area contributed by atoms with Crippen LogP contribution in [0.4, 0.5) is 0 Å². The number of nitrogens with zero attached hydrogens (tertiary/aromatic N) is 1. The summed E-state index contributed by atoms with van der Waals surface area (Å²) in [5.41, 5.74) is 1.99. The minimum Gasteiger partial charge on any atom is -0.467 e. The summed E-state index contributed by atoms with van der Waals surface area (Å²) in [4.78, 5) is 41.2. The quantitative estimate of drug-likeness (QED) is 0.512. The Kier molecular flexibility index (Phi) is 7.11. The molecule has 1 fully saturated rings. The summed E-state index contributed by atoms with van der Waals surface area (Å²) in [6.07, 6.45) is 2.69. The van der Waals surface area contributed by atoms with E-state index in [1.165, 1.54) is 0 Å². The zero-order valence-corrected chi connectivity index (χ0v) is 20.6. The summed E-state index contributed by atoms with van der Waals surface area (Å²) in [5, 5.41) is 5.83. The number of fused-ring (bicyclic) bond motifs is 1. The molecule has 0 radical (unpaired) electrons. The number of aryl methyl sites for hydroxylation is 1. The van der Waals surface area contributed by atoms with E-state index >= 15 is 0 Å². The van der Waals surface area contributed by atoms with Gasteiger partial charge in [-0.25, -0.2) is 0 Å². The van der Waals surface area contributed by atoms with E-state index in [0.717, 1.165) is 5.56 Å². The van der Waals surface area contributed by atoms with Crippen LogP contribution in [-0.2, 0) is 11.3 Å². The number of rotatable bonds is 7. The van der Waals surface area contributed by atoms with E-state index in [9.17, 15) is 14.4 Å². The number of furan rings is 1. The van der Waals surface area contributed by atoms with Crippen molar-refractivity contribution in [3.63, 3.8) is 0 Å². The molecule has 0 bridgehead atoms. The number of benzene rings is 2. The first-order chi connectivity index (χ1) is 18.0. The second-order valence-corrected chi connectivity index (χ2v) is 9.32. The third-order valence-electron chi connectivity index (χ3n) is 6.78. The van der Waals surface area contributed by atoms with Crippen molar-refractivity contribution in [3.8, 4) is 11.5 Å². The maximum absolute atomic E-state index is 13.2. The Morgan fingerprint density at radius 1 is 0.973 bits per heavy atom. The van der Waals surface area contributed by atoms with Gasteiger partial charge in [0, 0.05) is 24.2 Å². The van der Waals surface area contributed by atoms with Gasteiger partial charge in [0.05, 0.1) is 12.8 Å². The smallest absolute Gasteiger partial charge is 0.253 e. The predicted octanol–water partition coefficient (Wildman–Crippen LogP) is 3.28. The first kappa shape index (κ1) is 24.4. The SMILES string of the molecule is Cc1cccc(C(=O)N[C@@H](C(=O)NCc2ccco2)C2CCN(C(=O)c3ccc4c(c3)OCO4)CC2)c1. The molecule has 5 rings (SSSR count). The molecule has 2 aliphatic rings. The van der Waals surface area contributed by atoms with Crippen LogP contribution in [0.1, 0.15) is 44.9 Å². The van der Waals surface area contributed by atoms with Crippen LogP contribution in [0.2, 0.25) is 0 Å². The van der Waals surface area contributed by atoms with Crippen molar-refractivity contribution in [1.29, 1.82) is 0 Å². The molecule has 3 aromatic rings. The Bertz CT molecular complexity index is 1280. The average molecular weight is 504 g/mol. The van der Waals surface area contributed by atoms with Crippen LogP contribution in [0.15, 0.2) is 65.3 Å². The Morgan fingerprint density at radius 3 is 2.54 bits per heavy atom. The van der Waals surface area contributed by atoms with Crippen LogP contribution in [0.3, 0.4) is 0 Å². The summed E-state index contributed by atoms with van der Waals surface area (Å²) in [6, 6.07) is 15.2. The van der Waals surface area contributed by atoms with Gasteiger partial charge in [-0.1, -0.05) is 17.7 Å². The van der Waals surface area contributed by atoms with Gasteiger partial charge in [0.25, 0.3) is 11.8 Å². The van der Waals surface area contributed by atoms with Crippen molar-refractivity contribution in [1.82, 2.24) is 15.5 Å². The molecule has 2 N–H and O–H groups in total. The normalized spacial score (nSPS) is 15.8. The maximum Gasteiger partial charge on any atom is 0.253 e. The summed E-state index contributed by atoms with van der Waals surface area (Å²) in [5.74, 6) is 1.00. The first-order valence-electron chi connectivity index (χ1n) is 12.3. The lowest BCUT2D eigenvalue weighted by atomic mass is 9.88. The molecule has 0 spiro atoms. The van der Waals surface area contributed by atoms with E-state index in [2.05, 4.69) is 10.6 Å². The molecular formula is C28H29N3O6. The highest BCUT2D eigenvalue weighted by Gasteiger charge is 2.34. The molecule has 1 saturated heterocycles. The van der Waals surface area contributed by atoms with Crippen LogP contribution in [0.25, 0.3) is 0 Å². The van der Waals surface area contributed by atoms with Gasteiger partial charge >= 0.3 is 0 Å². The number of carbonyl (C=O) groups excluding carboxylic acids is 3. The zero-order chi connectivity index (χ0) is 25.8. The molecule has 2 aromatic carbocycles. The van der Waals surface area contributed by atoms with Gasteiger partial charge < -0.3 is 29.4 Å². The number of likely N-dealkylation sites (tertiary alicyclic amines) is 1. The Hall–Kier alpha value is -4.27. The highest BCUT2D eigenvalue weighted by Crippen LogP contribution is 2.33. The number of ether oxygens (including phenoxy) is 2. The van der Waals surface area contributed by atoms with Crippen molar-refractivity contribution in [3.05, 3.63) is 83.3 Å². The molecule has 1 aromatic heterocycles. The zero-order valence-electron chi connectivity index (χ0n) is 20.6. The van der Waals surface area contributed by atoms with E-state index in [1.54, 1.807) is 53.6 Å². The fourth-order valence-corrected chi connectivity index (χ4v) is 4.75. The number of nitrogens with one attached hydrogen (secondary N) is 2.